The van der Waals surface area contributed by atoms with E-state index in [0.29, 0.717) is 12.2 Å². The van der Waals surface area contributed by atoms with Gasteiger partial charge in [-0.2, -0.15) is 0 Å². The monoisotopic (exact) mass is 318 g/mol. The summed E-state index contributed by atoms with van der Waals surface area (Å²) >= 11 is 0. The van der Waals surface area contributed by atoms with Crippen LogP contribution in [0.2, 0.25) is 0 Å². The number of rotatable bonds is 2. The molecule has 0 aliphatic heterocycles. The molecule has 0 amide bonds. The number of hydrogen-bond acceptors (Lipinski definition) is 3. The molecular weight excluding hydrogens is 288 g/mol. The average molecular weight is 318 g/mol. The molecule has 0 aromatic heterocycles. The number of aromatic hydroxyl groups is 1. The van der Waals surface area contributed by atoms with E-state index in [1.54, 1.807) is 0 Å². The van der Waals surface area contributed by atoms with E-state index in [1.165, 1.54) is 5.56 Å². The number of phenols is 1. The second-order valence-corrected chi connectivity index (χ2v) is 8.52. The SMILES string of the molecule is CC(C)c1ccc2c(c1O)C[C@@H](O)[C@H]1[C@@](C)(CO)CCC[C@]21C. The summed E-state index contributed by atoms with van der Waals surface area (Å²) in [6.07, 6.45) is 2.96. The summed E-state index contributed by atoms with van der Waals surface area (Å²) < 4.78 is 0. The number of hydrogen-bond donors (Lipinski definition) is 3. The highest BCUT2D eigenvalue weighted by molar-refractivity contribution is 5.52. The summed E-state index contributed by atoms with van der Waals surface area (Å²) in [5.74, 6) is 0.662. The summed E-state index contributed by atoms with van der Waals surface area (Å²) in [4.78, 5) is 0. The van der Waals surface area contributed by atoms with Crippen molar-refractivity contribution in [3.05, 3.63) is 28.8 Å². The van der Waals surface area contributed by atoms with Gasteiger partial charge in [0.1, 0.15) is 5.75 Å². The van der Waals surface area contributed by atoms with Crippen molar-refractivity contribution < 1.29 is 15.3 Å². The van der Waals surface area contributed by atoms with E-state index in [9.17, 15) is 15.3 Å². The number of fused-ring (bicyclic) bond motifs is 3. The van der Waals surface area contributed by atoms with Crippen LogP contribution in [0.1, 0.15) is 69.6 Å². The van der Waals surface area contributed by atoms with Crippen LogP contribution in [0.15, 0.2) is 12.1 Å². The molecule has 0 heterocycles. The fourth-order valence-corrected chi connectivity index (χ4v) is 5.50. The Morgan fingerprint density at radius 1 is 1.22 bits per heavy atom. The van der Waals surface area contributed by atoms with Crippen LogP contribution < -0.4 is 0 Å². The quantitative estimate of drug-likeness (QED) is 0.782. The summed E-state index contributed by atoms with van der Waals surface area (Å²) in [5, 5.41) is 31.6. The van der Waals surface area contributed by atoms with E-state index < -0.39 is 6.10 Å². The molecule has 3 nitrogen and oxygen atoms in total. The molecule has 3 heteroatoms. The lowest BCUT2D eigenvalue weighted by Crippen LogP contribution is -2.56. The van der Waals surface area contributed by atoms with Crippen molar-refractivity contribution in [1.29, 1.82) is 0 Å². The zero-order chi connectivity index (χ0) is 17.0. The molecule has 0 saturated heterocycles. The molecule has 1 saturated carbocycles. The van der Waals surface area contributed by atoms with Crippen molar-refractivity contribution >= 4 is 0 Å². The van der Waals surface area contributed by atoms with Crippen molar-refractivity contribution in [2.75, 3.05) is 6.61 Å². The van der Waals surface area contributed by atoms with Gasteiger partial charge in [-0.3, -0.25) is 0 Å². The van der Waals surface area contributed by atoms with Crippen molar-refractivity contribution in [1.82, 2.24) is 0 Å². The molecule has 3 rings (SSSR count). The standard InChI is InChI=1S/C20H30O3/c1-12(2)13-6-7-15-14(17(13)23)10-16(22)18-19(3,11-21)8-5-9-20(15,18)4/h6-7,12,16,18,21-23H,5,8-11H2,1-4H3/t16-,18+,19-,20-/m1/s1. The van der Waals surface area contributed by atoms with E-state index in [1.807, 2.05) is 6.07 Å². The molecule has 1 aromatic carbocycles. The Labute approximate surface area is 139 Å². The molecule has 0 spiro atoms. The third kappa shape index (κ3) is 2.32. The van der Waals surface area contributed by atoms with Gasteiger partial charge in [0.2, 0.25) is 0 Å². The van der Waals surface area contributed by atoms with Crippen molar-refractivity contribution in [2.24, 2.45) is 11.3 Å². The predicted molar refractivity (Wildman–Crippen MR) is 91.8 cm³/mol. The molecule has 4 atom stereocenters. The number of aliphatic hydroxyl groups is 2. The third-order valence-corrected chi connectivity index (χ3v) is 6.59. The number of benzene rings is 1. The second kappa shape index (κ2) is 5.49. The van der Waals surface area contributed by atoms with Gasteiger partial charge in [0.05, 0.1) is 6.10 Å². The highest BCUT2D eigenvalue weighted by Gasteiger charge is 2.55. The van der Waals surface area contributed by atoms with Crippen LogP contribution in [0.25, 0.3) is 0 Å². The van der Waals surface area contributed by atoms with Gasteiger partial charge in [-0.1, -0.05) is 46.2 Å². The maximum atomic E-state index is 10.9. The molecule has 3 N–H and O–H groups in total. The van der Waals surface area contributed by atoms with E-state index >= 15 is 0 Å². The normalized spacial score (nSPS) is 36.7. The molecule has 0 radical (unpaired) electrons. The van der Waals surface area contributed by atoms with Gasteiger partial charge >= 0.3 is 0 Å². The van der Waals surface area contributed by atoms with Crippen LogP contribution >= 0.6 is 0 Å². The van der Waals surface area contributed by atoms with Crippen LogP contribution in [0, 0.1) is 11.3 Å². The molecular formula is C20H30O3. The van der Waals surface area contributed by atoms with Gasteiger partial charge in [-0.25, -0.2) is 0 Å². The van der Waals surface area contributed by atoms with Crippen LogP contribution in [0.5, 0.6) is 5.75 Å². The van der Waals surface area contributed by atoms with Gasteiger partial charge in [-0.05, 0) is 40.7 Å². The topological polar surface area (TPSA) is 60.7 Å². The van der Waals surface area contributed by atoms with Crippen LogP contribution in [0.3, 0.4) is 0 Å². The minimum atomic E-state index is -0.515. The Hall–Kier alpha value is -1.06. The average Bonchev–Trinajstić information content (AvgIpc) is 2.47. The fraction of sp³-hybridized carbons (Fsp3) is 0.700. The van der Waals surface area contributed by atoms with E-state index in [4.69, 9.17) is 0 Å². The molecule has 23 heavy (non-hydrogen) atoms. The Morgan fingerprint density at radius 3 is 2.52 bits per heavy atom. The summed E-state index contributed by atoms with van der Waals surface area (Å²) in [6.45, 7) is 8.57. The van der Waals surface area contributed by atoms with Gasteiger partial charge in [0, 0.05) is 24.5 Å². The zero-order valence-electron chi connectivity index (χ0n) is 14.8. The molecule has 0 unspecified atom stereocenters. The fourth-order valence-electron chi connectivity index (χ4n) is 5.50. The highest BCUT2D eigenvalue weighted by atomic mass is 16.3. The van der Waals surface area contributed by atoms with Crippen molar-refractivity contribution in [3.63, 3.8) is 0 Å². The van der Waals surface area contributed by atoms with E-state index in [0.717, 1.165) is 30.4 Å². The lowest BCUT2D eigenvalue weighted by Gasteiger charge is -2.56. The largest absolute Gasteiger partial charge is 0.507 e. The smallest absolute Gasteiger partial charge is 0.122 e. The summed E-state index contributed by atoms with van der Waals surface area (Å²) in [5.41, 5.74) is 2.61. The minimum Gasteiger partial charge on any atom is -0.507 e. The number of aliphatic hydroxyl groups excluding tert-OH is 2. The van der Waals surface area contributed by atoms with Crippen LogP contribution in [-0.2, 0) is 11.8 Å². The Balaban J connectivity index is 2.17. The Kier molecular flexibility index (Phi) is 4.01. The van der Waals surface area contributed by atoms with Gasteiger partial charge in [-0.15, -0.1) is 0 Å². The van der Waals surface area contributed by atoms with Gasteiger partial charge in [0.15, 0.2) is 0 Å². The van der Waals surface area contributed by atoms with Gasteiger partial charge < -0.3 is 15.3 Å². The van der Waals surface area contributed by atoms with E-state index in [-0.39, 0.29) is 29.3 Å². The van der Waals surface area contributed by atoms with Crippen LogP contribution in [-0.4, -0.2) is 28.0 Å². The zero-order valence-corrected chi connectivity index (χ0v) is 14.8. The maximum absolute atomic E-state index is 10.9. The summed E-state index contributed by atoms with van der Waals surface area (Å²) in [7, 11) is 0. The first kappa shape index (κ1) is 16.8. The first-order valence-electron chi connectivity index (χ1n) is 8.89. The lowest BCUT2D eigenvalue weighted by atomic mass is 9.49. The first-order valence-corrected chi connectivity index (χ1v) is 8.89. The highest BCUT2D eigenvalue weighted by Crippen LogP contribution is 2.58. The predicted octanol–water partition coefficient (Wildman–Crippen LogP) is 3.49. The van der Waals surface area contributed by atoms with Crippen molar-refractivity contribution in [2.45, 2.75) is 70.8 Å². The molecule has 0 bridgehead atoms. The van der Waals surface area contributed by atoms with E-state index in [2.05, 4.69) is 33.8 Å². The van der Waals surface area contributed by atoms with Crippen LogP contribution in [0.4, 0.5) is 0 Å². The first-order chi connectivity index (χ1) is 10.7. The molecule has 2 aliphatic rings. The molecule has 2 aliphatic carbocycles. The minimum absolute atomic E-state index is 0.0329. The van der Waals surface area contributed by atoms with Gasteiger partial charge in [0.25, 0.3) is 0 Å². The molecule has 1 aromatic rings. The Bertz CT molecular complexity index is 609. The third-order valence-electron chi connectivity index (χ3n) is 6.59. The summed E-state index contributed by atoms with van der Waals surface area (Å²) in [6, 6.07) is 4.20. The lowest BCUT2D eigenvalue weighted by molar-refractivity contribution is -0.0849. The Morgan fingerprint density at radius 2 is 1.91 bits per heavy atom. The van der Waals surface area contributed by atoms with Crippen molar-refractivity contribution in [3.8, 4) is 5.75 Å². The maximum Gasteiger partial charge on any atom is 0.122 e. The number of phenolic OH excluding ortho intramolecular Hbond substituents is 1. The second-order valence-electron chi connectivity index (χ2n) is 8.52. The molecule has 1 fully saturated rings. The molecule has 128 valence electrons.